The monoisotopic (exact) mass is 282 g/mol. The van der Waals surface area contributed by atoms with Crippen LogP contribution in [-0.2, 0) is 11.3 Å². The summed E-state index contributed by atoms with van der Waals surface area (Å²) in [5.41, 5.74) is 1.18. The Morgan fingerprint density at radius 1 is 1.24 bits per heavy atom. The summed E-state index contributed by atoms with van der Waals surface area (Å²) in [4.78, 5) is 14.3. The Kier molecular flexibility index (Phi) is 3.93. The summed E-state index contributed by atoms with van der Waals surface area (Å²) in [6.07, 6.45) is 1.08. The molecule has 0 aromatic heterocycles. The van der Waals surface area contributed by atoms with Crippen LogP contribution < -0.4 is 5.32 Å². The molecule has 1 N–H and O–H groups in total. The number of fused-ring (bicyclic) bond motifs is 1. The topological polar surface area (TPSA) is 32.3 Å². The average molecular weight is 282 g/mol. The molecule has 2 aromatic carbocycles. The SMILES string of the molecule is CC1CCNC1C(=O)N(C)Cc1ccc2ccccc2c1. The van der Waals surface area contributed by atoms with Crippen LogP contribution in [0.4, 0.5) is 0 Å². The predicted octanol–water partition coefficient (Wildman–Crippen LogP) is 2.80. The second kappa shape index (κ2) is 5.86. The maximum absolute atomic E-state index is 12.5. The maximum atomic E-state index is 12.5. The van der Waals surface area contributed by atoms with Crippen LogP contribution in [0.1, 0.15) is 18.9 Å². The number of hydrogen-bond donors (Lipinski definition) is 1. The highest BCUT2D eigenvalue weighted by Gasteiger charge is 2.31. The quantitative estimate of drug-likeness (QED) is 0.939. The summed E-state index contributed by atoms with van der Waals surface area (Å²) >= 11 is 0. The fourth-order valence-corrected chi connectivity index (χ4v) is 3.09. The number of likely N-dealkylation sites (N-methyl/N-ethyl adjacent to an activating group) is 1. The number of amides is 1. The van der Waals surface area contributed by atoms with Gasteiger partial charge in [-0.1, -0.05) is 43.3 Å². The van der Waals surface area contributed by atoms with Crippen LogP contribution in [0.3, 0.4) is 0 Å². The van der Waals surface area contributed by atoms with Gasteiger partial charge in [-0.05, 0) is 41.3 Å². The third kappa shape index (κ3) is 2.93. The fraction of sp³-hybridized carbons (Fsp3) is 0.389. The highest BCUT2D eigenvalue weighted by Crippen LogP contribution is 2.19. The van der Waals surface area contributed by atoms with Crippen molar-refractivity contribution >= 4 is 16.7 Å². The minimum Gasteiger partial charge on any atom is -0.340 e. The van der Waals surface area contributed by atoms with Gasteiger partial charge in [-0.2, -0.15) is 0 Å². The van der Waals surface area contributed by atoms with Crippen LogP contribution in [0.15, 0.2) is 42.5 Å². The third-order valence-corrected chi connectivity index (χ3v) is 4.41. The van der Waals surface area contributed by atoms with Crippen molar-refractivity contribution in [3.63, 3.8) is 0 Å². The van der Waals surface area contributed by atoms with E-state index < -0.39 is 0 Å². The summed E-state index contributed by atoms with van der Waals surface area (Å²) in [6, 6.07) is 14.7. The molecule has 0 spiro atoms. The molecule has 1 aliphatic heterocycles. The van der Waals surface area contributed by atoms with E-state index in [1.54, 1.807) is 0 Å². The number of nitrogens with zero attached hydrogens (tertiary/aromatic N) is 1. The molecule has 110 valence electrons. The molecule has 1 fully saturated rings. The van der Waals surface area contributed by atoms with Crippen molar-refractivity contribution in [2.24, 2.45) is 5.92 Å². The molecule has 2 aromatic rings. The highest BCUT2D eigenvalue weighted by atomic mass is 16.2. The van der Waals surface area contributed by atoms with E-state index in [1.807, 2.05) is 24.1 Å². The normalized spacial score (nSPS) is 21.6. The molecule has 0 radical (unpaired) electrons. The Labute approximate surface area is 125 Å². The molecule has 3 rings (SSSR count). The van der Waals surface area contributed by atoms with E-state index >= 15 is 0 Å². The summed E-state index contributed by atoms with van der Waals surface area (Å²) in [5.74, 6) is 0.629. The smallest absolute Gasteiger partial charge is 0.240 e. The first-order valence-electron chi connectivity index (χ1n) is 7.61. The van der Waals surface area contributed by atoms with Crippen molar-refractivity contribution in [2.75, 3.05) is 13.6 Å². The molecule has 0 aliphatic carbocycles. The van der Waals surface area contributed by atoms with Crippen molar-refractivity contribution in [1.29, 1.82) is 0 Å². The number of benzene rings is 2. The summed E-state index contributed by atoms with van der Waals surface area (Å²) in [7, 11) is 1.89. The molecular formula is C18H22N2O. The number of nitrogens with one attached hydrogen (secondary N) is 1. The summed E-state index contributed by atoms with van der Waals surface area (Å²) in [6.45, 7) is 3.75. The lowest BCUT2D eigenvalue weighted by molar-refractivity contribution is -0.133. The van der Waals surface area contributed by atoms with Gasteiger partial charge < -0.3 is 10.2 Å². The maximum Gasteiger partial charge on any atom is 0.240 e. The van der Waals surface area contributed by atoms with Gasteiger partial charge in [0.15, 0.2) is 0 Å². The third-order valence-electron chi connectivity index (χ3n) is 4.41. The molecule has 21 heavy (non-hydrogen) atoms. The zero-order valence-corrected chi connectivity index (χ0v) is 12.7. The van der Waals surface area contributed by atoms with E-state index in [2.05, 4.69) is 42.6 Å². The van der Waals surface area contributed by atoms with E-state index in [-0.39, 0.29) is 11.9 Å². The van der Waals surface area contributed by atoms with Crippen molar-refractivity contribution < 1.29 is 4.79 Å². The molecule has 2 unspecified atom stereocenters. The second-order valence-electron chi connectivity index (χ2n) is 6.07. The Bertz CT molecular complexity index is 652. The van der Waals surface area contributed by atoms with E-state index in [9.17, 15) is 4.79 Å². The van der Waals surface area contributed by atoms with Gasteiger partial charge >= 0.3 is 0 Å². The van der Waals surface area contributed by atoms with E-state index in [4.69, 9.17) is 0 Å². The van der Waals surface area contributed by atoms with Gasteiger partial charge in [0.2, 0.25) is 5.91 Å². The Morgan fingerprint density at radius 2 is 2.00 bits per heavy atom. The summed E-state index contributed by atoms with van der Waals surface area (Å²) in [5, 5.41) is 5.77. The minimum atomic E-state index is -0.0181. The van der Waals surface area contributed by atoms with Crippen LogP contribution in [0, 0.1) is 5.92 Å². The first-order valence-corrected chi connectivity index (χ1v) is 7.61. The van der Waals surface area contributed by atoms with Gasteiger partial charge in [0.25, 0.3) is 0 Å². The lowest BCUT2D eigenvalue weighted by atomic mass is 10.0. The van der Waals surface area contributed by atoms with Gasteiger partial charge in [-0.15, -0.1) is 0 Å². The zero-order valence-electron chi connectivity index (χ0n) is 12.7. The average Bonchev–Trinajstić information content (AvgIpc) is 2.92. The van der Waals surface area contributed by atoms with Crippen molar-refractivity contribution in [1.82, 2.24) is 10.2 Å². The molecule has 1 heterocycles. The predicted molar refractivity (Wildman–Crippen MR) is 86.0 cm³/mol. The van der Waals surface area contributed by atoms with Crippen molar-refractivity contribution in [2.45, 2.75) is 25.9 Å². The van der Waals surface area contributed by atoms with Gasteiger partial charge in [-0.3, -0.25) is 4.79 Å². The largest absolute Gasteiger partial charge is 0.340 e. The molecule has 0 saturated carbocycles. The van der Waals surface area contributed by atoms with Crippen LogP contribution in [-0.4, -0.2) is 30.4 Å². The first-order chi connectivity index (χ1) is 10.1. The van der Waals surface area contributed by atoms with Gasteiger partial charge in [0.1, 0.15) is 0 Å². The lowest BCUT2D eigenvalue weighted by Crippen LogP contribution is -2.43. The number of rotatable bonds is 3. The fourth-order valence-electron chi connectivity index (χ4n) is 3.09. The number of hydrogen-bond acceptors (Lipinski definition) is 2. The molecule has 2 atom stereocenters. The van der Waals surface area contributed by atoms with Gasteiger partial charge in [0.05, 0.1) is 6.04 Å². The Morgan fingerprint density at radius 3 is 2.71 bits per heavy atom. The molecule has 3 heteroatoms. The van der Waals surface area contributed by atoms with E-state index in [0.29, 0.717) is 12.5 Å². The highest BCUT2D eigenvalue weighted by molar-refractivity contribution is 5.84. The first kappa shape index (κ1) is 14.1. The van der Waals surface area contributed by atoms with Crippen molar-refractivity contribution in [3.8, 4) is 0 Å². The number of carbonyl (C=O) groups is 1. The van der Waals surface area contributed by atoms with Crippen LogP contribution in [0.25, 0.3) is 10.8 Å². The van der Waals surface area contributed by atoms with Gasteiger partial charge in [-0.25, -0.2) is 0 Å². The zero-order chi connectivity index (χ0) is 14.8. The number of carbonyl (C=O) groups excluding carboxylic acids is 1. The Balaban J connectivity index is 1.73. The molecule has 1 saturated heterocycles. The molecule has 3 nitrogen and oxygen atoms in total. The van der Waals surface area contributed by atoms with Crippen molar-refractivity contribution in [3.05, 3.63) is 48.0 Å². The molecule has 0 bridgehead atoms. The molecule has 1 amide bonds. The lowest BCUT2D eigenvalue weighted by Gasteiger charge is -2.23. The molecular weight excluding hydrogens is 260 g/mol. The Hall–Kier alpha value is -1.87. The molecule has 1 aliphatic rings. The second-order valence-corrected chi connectivity index (χ2v) is 6.07. The van der Waals surface area contributed by atoms with Gasteiger partial charge in [0, 0.05) is 13.6 Å². The standard InChI is InChI=1S/C18H22N2O/c1-13-9-10-19-17(13)18(21)20(2)12-14-7-8-15-5-3-4-6-16(15)11-14/h3-8,11,13,17,19H,9-10,12H2,1-2H3. The summed E-state index contributed by atoms with van der Waals surface area (Å²) < 4.78 is 0. The van der Waals surface area contributed by atoms with E-state index in [1.165, 1.54) is 16.3 Å². The van der Waals surface area contributed by atoms with Crippen LogP contribution in [0.5, 0.6) is 0 Å². The van der Waals surface area contributed by atoms with E-state index in [0.717, 1.165) is 13.0 Å². The minimum absolute atomic E-state index is 0.0181. The van der Waals surface area contributed by atoms with Crippen LogP contribution >= 0.6 is 0 Å². The van der Waals surface area contributed by atoms with Crippen LogP contribution in [0.2, 0.25) is 0 Å².